The fourth-order valence-electron chi connectivity index (χ4n) is 3.38. The average molecular weight is 393 g/mol. The smallest absolute Gasteiger partial charge is 0.354 e. The average Bonchev–Trinajstić information content (AvgIpc) is 3.19. The molecule has 1 saturated heterocycles. The van der Waals surface area contributed by atoms with Gasteiger partial charge in [-0.3, -0.25) is 4.79 Å². The van der Waals surface area contributed by atoms with Crippen LogP contribution in [0.15, 0.2) is 0 Å². The van der Waals surface area contributed by atoms with E-state index in [0.717, 1.165) is 12.8 Å². The number of hydrogen-bond acceptors (Lipinski definition) is 5. The van der Waals surface area contributed by atoms with Gasteiger partial charge in [-0.15, -0.1) is 0 Å². The molecule has 156 valence electrons. The first-order valence-electron chi connectivity index (χ1n) is 9.53. The van der Waals surface area contributed by atoms with Crippen LogP contribution in [0.2, 0.25) is 0 Å². The van der Waals surface area contributed by atoms with Crippen molar-refractivity contribution in [1.29, 1.82) is 0 Å². The number of Topliss-reactive ketones (excluding diaryl/α,β-unsaturated/α-hetero) is 1. The maximum atomic E-state index is 13.0. The van der Waals surface area contributed by atoms with Crippen molar-refractivity contribution in [3.63, 3.8) is 0 Å². The second-order valence-corrected chi connectivity index (χ2v) is 8.24. The van der Waals surface area contributed by atoms with Gasteiger partial charge in [0.1, 0.15) is 5.69 Å². The summed E-state index contributed by atoms with van der Waals surface area (Å²) in [5, 5.41) is 2.91. The summed E-state index contributed by atoms with van der Waals surface area (Å²) >= 11 is 0. The monoisotopic (exact) mass is 393 g/mol. The number of methoxy groups -OCH3 is 1. The molecule has 1 unspecified atom stereocenters. The number of esters is 1. The molecule has 8 nitrogen and oxygen atoms in total. The van der Waals surface area contributed by atoms with Crippen LogP contribution in [0.1, 0.15) is 65.7 Å². The molecule has 2 amide bonds. The lowest BCUT2D eigenvalue weighted by atomic mass is 10.0. The van der Waals surface area contributed by atoms with E-state index in [1.165, 1.54) is 12.0 Å². The number of carbonyl (C=O) groups is 3. The number of ketones is 1. The lowest BCUT2D eigenvalue weighted by molar-refractivity contribution is 0.0593. The molecule has 0 saturated carbocycles. The number of aryl methyl sites for hydroxylation is 1. The minimum absolute atomic E-state index is 0.0717. The van der Waals surface area contributed by atoms with Crippen LogP contribution in [0.5, 0.6) is 0 Å². The normalized spacial score (nSPS) is 16.7. The highest BCUT2D eigenvalue weighted by Gasteiger charge is 2.29. The molecule has 0 aliphatic carbocycles. The Kier molecular flexibility index (Phi) is 6.87. The quantitative estimate of drug-likeness (QED) is 0.571. The summed E-state index contributed by atoms with van der Waals surface area (Å²) in [4.78, 5) is 42.1. The molecule has 0 spiro atoms. The number of rotatable bonds is 6. The van der Waals surface area contributed by atoms with Gasteiger partial charge in [0.2, 0.25) is 0 Å². The lowest BCUT2D eigenvalue weighted by Crippen LogP contribution is -2.51. The Hall–Kier alpha value is -2.35. The number of amides is 2. The van der Waals surface area contributed by atoms with Crippen LogP contribution < -0.4 is 5.32 Å². The van der Waals surface area contributed by atoms with Gasteiger partial charge in [-0.2, -0.15) is 0 Å². The molecule has 0 aromatic carbocycles. The lowest BCUT2D eigenvalue weighted by Gasteiger charge is -2.29. The van der Waals surface area contributed by atoms with E-state index in [-0.39, 0.29) is 30.2 Å². The van der Waals surface area contributed by atoms with Crippen molar-refractivity contribution in [3.05, 3.63) is 22.5 Å². The number of aromatic amines is 1. The van der Waals surface area contributed by atoms with E-state index in [0.29, 0.717) is 30.0 Å². The van der Waals surface area contributed by atoms with Crippen molar-refractivity contribution in [2.24, 2.45) is 0 Å². The van der Waals surface area contributed by atoms with Crippen molar-refractivity contribution >= 4 is 17.8 Å². The molecular weight excluding hydrogens is 362 g/mol. The molecule has 8 heteroatoms. The van der Waals surface area contributed by atoms with E-state index in [2.05, 4.69) is 10.3 Å². The second kappa shape index (κ2) is 8.77. The van der Waals surface area contributed by atoms with Crippen molar-refractivity contribution in [1.82, 2.24) is 15.2 Å². The largest absolute Gasteiger partial charge is 0.464 e. The molecule has 1 aromatic heterocycles. The number of ether oxygens (including phenoxy) is 2. The predicted octanol–water partition coefficient (Wildman–Crippen LogP) is 2.59. The molecule has 2 N–H and O–H groups in total. The van der Waals surface area contributed by atoms with Gasteiger partial charge in [-0.1, -0.05) is 0 Å². The molecule has 0 radical (unpaired) electrons. The van der Waals surface area contributed by atoms with E-state index in [4.69, 9.17) is 9.47 Å². The number of urea groups is 1. The van der Waals surface area contributed by atoms with Crippen LogP contribution in [0.4, 0.5) is 4.79 Å². The number of hydrogen-bond donors (Lipinski definition) is 2. The zero-order chi connectivity index (χ0) is 21.1. The highest BCUT2D eigenvalue weighted by atomic mass is 16.5. The molecule has 0 bridgehead atoms. The van der Waals surface area contributed by atoms with E-state index >= 15 is 0 Å². The van der Waals surface area contributed by atoms with E-state index in [1.54, 1.807) is 13.8 Å². The zero-order valence-corrected chi connectivity index (χ0v) is 17.6. The number of H-pyrrole nitrogens is 1. The zero-order valence-electron chi connectivity index (χ0n) is 17.6. The third-order valence-electron chi connectivity index (χ3n) is 4.66. The van der Waals surface area contributed by atoms with E-state index in [1.807, 2.05) is 20.8 Å². The number of carbonyl (C=O) groups excluding carboxylic acids is 3. The summed E-state index contributed by atoms with van der Waals surface area (Å²) in [6.07, 6.45) is 1.74. The van der Waals surface area contributed by atoms with Gasteiger partial charge in [0.25, 0.3) is 0 Å². The molecule has 1 atom stereocenters. The number of aromatic nitrogens is 1. The Balaban J connectivity index is 2.22. The van der Waals surface area contributed by atoms with Crippen LogP contribution in [-0.4, -0.2) is 66.1 Å². The standard InChI is InChI=1S/C20H31N3O5/c1-12-16(13(2)21-17(12)18(25)27-6)15(24)11-23(10-14-8-7-9-28-14)19(26)22-20(3,4)5/h14,21H,7-11H2,1-6H3,(H,22,26). The summed E-state index contributed by atoms with van der Waals surface area (Å²) in [6.45, 7) is 10.0. The summed E-state index contributed by atoms with van der Waals surface area (Å²) in [5.41, 5.74) is 1.36. The summed E-state index contributed by atoms with van der Waals surface area (Å²) in [7, 11) is 1.29. The third-order valence-corrected chi connectivity index (χ3v) is 4.66. The van der Waals surface area contributed by atoms with Gasteiger partial charge in [0.05, 0.1) is 19.8 Å². The third kappa shape index (κ3) is 5.34. The molecule has 1 aliphatic heterocycles. The van der Waals surface area contributed by atoms with Crippen molar-refractivity contribution in [2.75, 3.05) is 26.8 Å². The minimum Gasteiger partial charge on any atom is -0.464 e. The first kappa shape index (κ1) is 21.9. The summed E-state index contributed by atoms with van der Waals surface area (Å²) < 4.78 is 10.4. The Morgan fingerprint density at radius 2 is 1.96 bits per heavy atom. The molecule has 28 heavy (non-hydrogen) atoms. The Labute approximate surface area is 165 Å². The fourth-order valence-corrected chi connectivity index (χ4v) is 3.38. The number of nitrogens with zero attached hydrogens (tertiary/aromatic N) is 1. The summed E-state index contributed by atoms with van der Waals surface area (Å²) in [6, 6.07) is -0.310. The van der Waals surface area contributed by atoms with Gasteiger partial charge >= 0.3 is 12.0 Å². The first-order valence-corrected chi connectivity index (χ1v) is 9.53. The molecule has 1 aromatic rings. The van der Waals surface area contributed by atoms with Crippen molar-refractivity contribution < 1.29 is 23.9 Å². The van der Waals surface area contributed by atoms with Crippen LogP contribution in [0.3, 0.4) is 0 Å². The van der Waals surface area contributed by atoms with Crippen LogP contribution in [0, 0.1) is 13.8 Å². The minimum atomic E-state index is -0.527. The highest BCUT2D eigenvalue weighted by Crippen LogP contribution is 2.21. The maximum absolute atomic E-state index is 13.0. The van der Waals surface area contributed by atoms with Crippen LogP contribution in [0.25, 0.3) is 0 Å². The van der Waals surface area contributed by atoms with Gasteiger partial charge in [-0.25, -0.2) is 9.59 Å². The Morgan fingerprint density at radius 1 is 1.29 bits per heavy atom. The van der Waals surface area contributed by atoms with Crippen molar-refractivity contribution in [2.45, 2.75) is 59.1 Å². The topological polar surface area (TPSA) is 101 Å². The highest BCUT2D eigenvalue weighted by molar-refractivity contribution is 6.04. The fraction of sp³-hybridized carbons (Fsp3) is 0.650. The van der Waals surface area contributed by atoms with Crippen LogP contribution >= 0.6 is 0 Å². The van der Waals surface area contributed by atoms with E-state index < -0.39 is 11.5 Å². The molecule has 2 rings (SSSR count). The molecule has 2 heterocycles. The molecular formula is C20H31N3O5. The van der Waals surface area contributed by atoms with Crippen molar-refractivity contribution in [3.8, 4) is 0 Å². The summed E-state index contributed by atoms with van der Waals surface area (Å²) in [5.74, 6) is -0.759. The maximum Gasteiger partial charge on any atom is 0.354 e. The van der Waals surface area contributed by atoms with Gasteiger partial charge < -0.3 is 24.7 Å². The second-order valence-electron chi connectivity index (χ2n) is 8.24. The van der Waals surface area contributed by atoms with Gasteiger partial charge in [0.15, 0.2) is 5.78 Å². The first-order chi connectivity index (χ1) is 13.0. The van der Waals surface area contributed by atoms with Gasteiger partial charge in [0, 0.05) is 29.9 Å². The molecule has 1 aliphatic rings. The SMILES string of the molecule is COC(=O)c1[nH]c(C)c(C(=O)CN(CC2CCCO2)C(=O)NC(C)(C)C)c1C. The number of nitrogens with one attached hydrogen (secondary N) is 2. The van der Waals surface area contributed by atoms with Crippen LogP contribution in [-0.2, 0) is 9.47 Å². The molecule has 1 fully saturated rings. The predicted molar refractivity (Wildman–Crippen MR) is 105 cm³/mol. The van der Waals surface area contributed by atoms with Gasteiger partial charge in [-0.05, 0) is 53.0 Å². The Bertz CT molecular complexity index is 742. The van der Waals surface area contributed by atoms with E-state index in [9.17, 15) is 14.4 Å². The Morgan fingerprint density at radius 3 is 2.50 bits per heavy atom.